The van der Waals surface area contributed by atoms with Gasteiger partial charge in [-0.1, -0.05) is 37.1 Å². The number of carbonyl (C=O) groups is 4. The Morgan fingerprint density at radius 2 is 1.60 bits per heavy atom. The third kappa shape index (κ3) is 3.67. The Morgan fingerprint density at radius 3 is 2.20 bits per heavy atom. The molecule has 2 aromatic carbocycles. The van der Waals surface area contributed by atoms with Gasteiger partial charge in [-0.05, 0) is 35.7 Å². The van der Waals surface area contributed by atoms with Crippen LogP contribution in [0, 0.1) is 11.8 Å². The molecule has 156 valence electrons. The van der Waals surface area contributed by atoms with Crippen LogP contribution in [0.4, 0.5) is 0 Å². The molecule has 1 heterocycles. The maximum atomic E-state index is 12.5. The van der Waals surface area contributed by atoms with Gasteiger partial charge in [0.2, 0.25) is 11.8 Å². The molecule has 0 spiro atoms. The Bertz CT molecular complexity index is 1010. The molecule has 2 atom stereocenters. The van der Waals surface area contributed by atoms with E-state index in [1.165, 1.54) is 12.0 Å². The van der Waals surface area contributed by atoms with Gasteiger partial charge in [0.05, 0.1) is 25.4 Å². The van der Waals surface area contributed by atoms with E-state index < -0.39 is 11.9 Å². The SMILES string of the molecule is COC(=O)c1cc2ccccc2cc1OC(=O)CCN1C(=O)[C@@H]2CCCC[C@H]2C1=O. The van der Waals surface area contributed by atoms with Crippen LogP contribution in [0.2, 0.25) is 0 Å². The molecule has 0 radical (unpaired) electrons. The van der Waals surface area contributed by atoms with Crippen LogP contribution in [0.25, 0.3) is 10.8 Å². The highest BCUT2D eigenvalue weighted by atomic mass is 16.5. The summed E-state index contributed by atoms with van der Waals surface area (Å²) < 4.78 is 10.2. The minimum absolute atomic E-state index is 0.00929. The third-order valence-corrected chi connectivity index (χ3v) is 5.95. The standard InChI is InChI=1S/C23H23NO6/c1-29-23(28)18-12-14-6-2-3-7-15(14)13-19(18)30-20(25)10-11-24-21(26)16-8-4-5-9-17(16)22(24)27/h2-3,6-7,12-13,16-17H,4-5,8-11H2,1H3/t16-,17-/m1/s1. The van der Waals surface area contributed by atoms with Crippen molar-refractivity contribution in [3.8, 4) is 5.75 Å². The summed E-state index contributed by atoms with van der Waals surface area (Å²) in [4.78, 5) is 50.9. The smallest absolute Gasteiger partial charge is 0.341 e. The Morgan fingerprint density at radius 1 is 1.00 bits per heavy atom. The Kier molecular flexibility index (Phi) is 5.53. The van der Waals surface area contributed by atoms with Gasteiger partial charge in [0.1, 0.15) is 11.3 Å². The number of rotatable bonds is 5. The maximum absolute atomic E-state index is 12.5. The van der Waals surface area contributed by atoms with Gasteiger partial charge < -0.3 is 9.47 Å². The van der Waals surface area contributed by atoms with E-state index in [1.54, 1.807) is 12.1 Å². The van der Waals surface area contributed by atoms with E-state index in [2.05, 4.69) is 0 Å². The molecule has 0 aromatic heterocycles. The number of ether oxygens (including phenoxy) is 2. The summed E-state index contributed by atoms with van der Waals surface area (Å²) in [7, 11) is 1.26. The summed E-state index contributed by atoms with van der Waals surface area (Å²) >= 11 is 0. The van der Waals surface area contributed by atoms with Gasteiger partial charge in [-0.2, -0.15) is 0 Å². The topological polar surface area (TPSA) is 90.0 Å². The Labute approximate surface area is 173 Å². The first-order chi connectivity index (χ1) is 14.5. The van der Waals surface area contributed by atoms with Crippen LogP contribution >= 0.6 is 0 Å². The summed E-state index contributed by atoms with van der Waals surface area (Å²) in [6.45, 7) is -0.00929. The number of amides is 2. The van der Waals surface area contributed by atoms with Crippen molar-refractivity contribution in [1.82, 2.24) is 4.90 Å². The van der Waals surface area contributed by atoms with Gasteiger partial charge >= 0.3 is 11.9 Å². The van der Waals surface area contributed by atoms with Crippen molar-refractivity contribution >= 4 is 34.5 Å². The number of fused-ring (bicyclic) bond motifs is 2. The maximum Gasteiger partial charge on any atom is 0.341 e. The molecule has 1 saturated carbocycles. The molecule has 1 saturated heterocycles. The minimum Gasteiger partial charge on any atom is -0.465 e. The highest BCUT2D eigenvalue weighted by molar-refractivity contribution is 6.05. The summed E-state index contributed by atoms with van der Waals surface area (Å²) in [6.07, 6.45) is 3.23. The van der Waals surface area contributed by atoms with Crippen LogP contribution < -0.4 is 4.74 Å². The van der Waals surface area contributed by atoms with Crippen molar-refractivity contribution in [2.45, 2.75) is 32.1 Å². The van der Waals surface area contributed by atoms with Crippen molar-refractivity contribution in [2.24, 2.45) is 11.8 Å². The molecule has 2 aliphatic rings. The van der Waals surface area contributed by atoms with Crippen LogP contribution in [-0.2, 0) is 19.1 Å². The number of benzene rings is 2. The molecule has 2 fully saturated rings. The van der Waals surface area contributed by atoms with E-state index in [1.807, 2.05) is 24.3 Å². The molecular weight excluding hydrogens is 386 g/mol. The van der Waals surface area contributed by atoms with Gasteiger partial charge in [-0.15, -0.1) is 0 Å². The Balaban J connectivity index is 1.47. The fourth-order valence-corrected chi connectivity index (χ4v) is 4.40. The first kappa shape index (κ1) is 20.1. The molecule has 0 bridgehead atoms. The lowest BCUT2D eigenvalue weighted by molar-refractivity contribution is -0.141. The summed E-state index contributed by atoms with van der Waals surface area (Å²) in [5.74, 6) is -1.99. The number of hydrogen-bond donors (Lipinski definition) is 0. The molecule has 4 rings (SSSR count). The van der Waals surface area contributed by atoms with Crippen LogP contribution in [0.3, 0.4) is 0 Å². The lowest BCUT2D eigenvalue weighted by Crippen LogP contribution is -2.33. The molecule has 0 N–H and O–H groups in total. The normalized spacial score (nSPS) is 20.9. The minimum atomic E-state index is -0.620. The number of esters is 2. The average Bonchev–Trinajstić information content (AvgIpc) is 3.01. The molecule has 1 aliphatic heterocycles. The molecule has 0 unspecified atom stereocenters. The highest BCUT2D eigenvalue weighted by Gasteiger charge is 2.47. The Hall–Kier alpha value is -3.22. The zero-order valence-electron chi connectivity index (χ0n) is 16.8. The van der Waals surface area contributed by atoms with Gasteiger partial charge in [-0.3, -0.25) is 19.3 Å². The first-order valence-corrected chi connectivity index (χ1v) is 10.2. The summed E-state index contributed by atoms with van der Waals surface area (Å²) in [5, 5.41) is 1.62. The third-order valence-electron chi connectivity index (χ3n) is 5.95. The quantitative estimate of drug-likeness (QED) is 0.428. The monoisotopic (exact) mass is 409 g/mol. The molecule has 7 heteroatoms. The largest absolute Gasteiger partial charge is 0.465 e. The zero-order valence-corrected chi connectivity index (χ0v) is 16.8. The van der Waals surface area contributed by atoms with Gasteiger partial charge in [0.25, 0.3) is 0 Å². The predicted octanol–water partition coefficient (Wildman–Crippen LogP) is 3.10. The van der Waals surface area contributed by atoms with E-state index in [0.717, 1.165) is 36.5 Å². The highest BCUT2D eigenvalue weighted by Crippen LogP contribution is 2.38. The van der Waals surface area contributed by atoms with Crippen molar-refractivity contribution in [1.29, 1.82) is 0 Å². The van der Waals surface area contributed by atoms with Crippen molar-refractivity contribution in [3.05, 3.63) is 42.0 Å². The number of hydrogen-bond acceptors (Lipinski definition) is 6. The van der Waals surface area contributed by atoms with E-state index in [9.17, 15) is 19.2 Å². The van der Waals surface area contributed by atoms with E-state index in [0.29, 0.717) is 0 Å². The van der Waals surface area contributed by atoms with Crippen LogP contribution in [0.15, 0.2) is 36.4 Å². The molecule has 1 aliphatic carbocycles. The van der Waals surface area contributed by atoms with Gasteiger partial charge in [-0.25, -0.2) is 4.79 Å². The number of nitrogens with zero attached hydrogens (tertiary/aromatic N) is 1. The molecular formula is C23H23NO6. The molecule has 7 nitrogen and oxygen atoms in total. The van der Waals surface area contributed by atoms with Gasteiger partial charge in [0, 0.05) is 6.54 Å². The van der Waals surface area contributed by atoms with Gasteiger partial charge in [0.15, 0.2) is 0 Å². The van der Waals surface area contributed by atoms with Crippen LogP contribution in [0.5, 0.6) is 5.75 Å². The predicted molar refractivity (Wildman–Crippen MR) is 108 cm³/mol. The second-order valence-corrected chi connectivity index (χ2v) is 7.74. The summed E-state index contributed by atoms with van der Waals surface area (Å²) in [5.41, 5.74) is 0.142. The fourth-order valence-electron chi connectivity index (χ4n) is 4.40. The first-order valence-electron chi connectivity index (χ1n) is 10.2. The lowest BCUT2D eigenvalue weighted by atomic mass is 9.81. The van der Waals surface area contributed by atoms with E-state index in [4.69, 9.17) is 9.47 Å². The lowest BCUT2D eigenvalue weighted by Gasteiger charge is -2.19. The number of likely N-dealkylation sites (tertiary alicyclic amines) is 1. The molecule has 2 aromatic rings. The summed E-state index contributed by atoms with van der Waals surface area (Å²) in [6, 6.07) is 10.6. The van der Waals surface area contributed by atoms with Crippen molar-refractivity contribution < 1.29 is 28.7 Å². The van der Waals surface area contributed by atoms with E-state index >= 15 is 0 Å². The van der Waals surface area contributed by atoms with Crippen LogP contribution in [-0.4, -0.2) is 42.3 Å². The van der Waals surface area contributed by atoms with E-state index in [-0.39, 0.29) is 47.9 Å². The number of carbonyl (C=O) groups excluding carboxylic acids is 4. The second-order valence-electron chi connectivity index (χ2n) is 7.74. The fraction of sp³-hybridized carbons (Fsp3) is 0.391. The average molecular weight is 409 g/mol. The van der Waals surface area contributed by atoms with Crippen molar-refractivity contribution in [3.63, 3.8) is 0 Å². The number of methoxy groups -OCH3 is 1. The van der Waals surface area contributed by atoms with Crippen molar-refractivity contribution in [2.75, 3.05) is 13.7 Å². The van der Waals surface area contributed by atoms with Crippen LogP contribution in [0.1, 0.15) is 42.5 Å². The second kappa shape index (κ2) is 8.26. The number of imide groups is 1. The molecule has 2 amide bonds. The molecule has 30 heavy (non-hydrogen) atoms. The zero-order chi connectivity index (χ0) is 21.3.